The molecule has 2 aromatic carbocycles. The van der Waals surface area contributed by atoms with Crippen molar-refractivity contribution in [3.8, 4) is 11.5 Å². The molecule has 0 bridgehead atoms. The Morgan fingerprint density at radius 2 is 2.07 bits per heavy atom. The van der Waals surface area contributed by atoms with Crippen molar-refractivity contribution < 1.29 is 19.4 Å². The summed E-state index contributed by atoms with van der Waals surface area (Å²) in [5, 5.41) is 9.72. The molecule has 1 aliphatic rings. The summed E-state index contributed by atoms with van der Waals surface area (Å²) < 4.78 is 12.1. The van der Waals surface area contributed by atoms with Gasteiger partial charge in [-0.1, -0.05) is 40.2 Å². The first-order valence-electron chi connectivity index (χ1n) is 9.10. The van der Waals surface area contributed by atoms with Crippen LogP contribution < -0.4 is 9.47 Å². The largest absolute Gasteiger partial charge is 0.493 e. The van der Waals surface area contributed by atoms with Crippen LogP contribution in [0.1, 0.15) is 36.9 Å². The Hall–Kier alpha value is -2.05. The van der Waals surface area contributed by atoms with Crippen LogP contribution in [0.15, 0.2) is 46.9 Å². The van der Waals surface area contributed by atoms with Crippen LogP contribution in [0.4, 0.5) is 0 Å². The van der Waals surface area contributed by atoms with Crippen molar-refractivity contribution >= 4 is 21.9 Å². The molecule has 0 amide bonds. The molecule has 1 fully saturated rings. The van der Waals surface area contributed by atoms with Crippen LogP contribution in [0.5, 0.6) is 11.5 Å². The van der Waals surface area contributed by atoms with Crippen LogP contribution >= 0.6 is 15.9 Å². The molecule has 0 saturated carbocycles. The van der Waals surface area contributed by atoms with E-state index in [-0.39, 0.29) is 6.04 Å². The van der Waals surface area contributed by atoms with Gasteiger partial charge in [0.25, 0.3) is 0 Å². The second-order valence-corrected chi connectivity index (χ2v) is 7.36. The quantitative estimate of drug-likeness (QED) is 0.696. The van der Waals surface area contributed by atoms with Crippen LogP contribution in [0.2, 0.25) is 0 Å². The Kier molecular flexibility index (Phi) is 6.39. The van der Waals surface area contributed by atoms with Crippen molar-refractivity contribution in [1.29, 1.82) is 0 Å². The predicted octanol–water partition coefficient (Wildman–Crippen LogP) is 4.49. The molecule has 1 saturated heterocycles. The van der Waals surface area contributed by atoms with E-state index in [0.717, 1.165) is 28.6 Å². The topological polar surface area (TPSA) is 59.0 Å². The van der Waals surface area contributed by atoms with E-state index < -0.39 is 12.0 Å². The van der Waals surface area contributed by atoms with Crippen molar-refractivity contribution in [2.24, 2.45) is 0 Å². The minimum atomic E-state index is -0.775. The van der Waals surface area contributed by atoms with Crippen molar-refractivity contribution in [3.05, 3.63) is 58.1 Å². The van der Waals surface area contributed by atoms with Gasteiger partial charge in [-0.3, -0.25) is 9.69 Å². The van der Waals surface area contributed by atoms with E-state index >= 15 is 0 Å². The average molecular weight is 434 g/mol. The third-order valence-corrected chi connectivity index (χ3v) is 5.64. The first-order valence-corrected chi connectivity index (χ1v) is 9.89. The average Bonchev–Trinajstić information content (AvgIpc) is 3.14. The second kappa shape index (κ2) is 8.76. The number of carbonyl (C=O) groups is 1. The highest BCUT2D eigenvalue weighted by atomic mass is 79.9. The normalized spacial score (nSPS) is 18.3. The summed E-state index contributed by atoms with van der Waals surface area (Å²) in [6, 6.07) is 13.1. The molecule has 5 nitrogen and oxygen atoms in total. The zero-order valence-electron chi connectivity index (χ0n) is 15.5. The molecule has 2 aromatic rings. The van der Waals surface area contributed by atoms with Gasteiger partial charge in [0.1, 0.15) is 6.04 Å². The van der Waals surface area contributed by atoms with E-state index in [0.29, 0.717) is 24.5 Å². The fraction of sp³-hybridized carbons (Fsp3) is 0.381. The molecule has 0 aromatic heterocycles. The molecule has 2 atom stereocenters. The van der Waals surface area contributed by atoms with E-state index in [1.807, 2.05) is 49.4 Å². The highest BCUT2D eigenvalue weighted by molar-refractivity contribution is 9.10. The molecule has 3 rings (SSSR count). The van der Waals surface area contributed by atoms with E-state index in [4.69, 9.17) is 9.47 Å². The summed E-state index contributed by atoms with van der Waals surface area (Å²) in [5.74, 6) is 0.561. The molecule has 2 unspecified atom stereocenters. The zero-order valence-corrected chi connectivity index (χ0v) is 17.1. The number of hydrogen-bond donors (Lipinski definition) is 1. The molecule has 0 aliphatic carbocycles. The van der Waals surface area contributed by atoms with E-state index in [1.165, 1.54) is 0 Å². The Balaban J connectivity index is 2.12. The number of halogens is 1. The number of ether oxygens (including phenoxy) is 2. The molecule has 1 aliphatic heterocycles. The van der Waals surface area contributed by atoms with Crippen LogP contribution in [0.3, 0.4) is 0 Å². The number of rotatable bonds is 7. The molecular formula is C21H24BrNO4. The van der Waals surface area contributed by atoms with Crippen LogP contribution in [0, 0.1) is 0 Å². The number of carboxylic acid groups (broad SMARTS) is 1. The lowest BCUT2D eigenvalue weighted by atomic mass is 9.95. The van der Waals surface area contributed by atoms with Crippen molar-refractivity contribution in [1.82, 2.24) is 4.90 Å². The summed E-state index contributed by atoms with van der Waals surface area (Å²) in [4.78, 5) is 13.9. The van der Waals surface area contributed by atoms with Gasteiger partial charge in [-0.2, -0.15) is 0 Å². The fourth-order valence-electron chi connectivity index (χ4n) is 3.74. The van der Waals surface area contributed by atoms with Gasteiger partial charge in [-0.25, -0.2) is 0 Å². The Morgan fingerprint density at radius 1 is 1.30 bits per heavy atom. The van der Waals surface area contributed by atoms with Gasteiger partial charge in [0.15, 0.2) is 11.5 Å². The first-order chi connectivity index (χ1) is 13.1. The number of likely N-dealkylation sites (tertiary alicyclic amines) is 1. The Morgan fingerprint density at radius 3 is 2.74 bits per heavy atom. The summed E-state index contributed by atoms with van der Waals surface area (Å²) >= 11 is 3.65. The van der Waals surface area contributed by atoms with Crippen LogP contribution in [0.25, 0.3) is 0 Å². The predicted molar refractivity (Wildman–Crippen MR) is 108 cm³/mol. The molecular weight excluding hydrogens is 410 g/mol. The summed E-state index contributed by atoms with van der Waals surface area (Å²) in [7, 11) is 1.61. The van der Waals surface area contributed by atoms with Gasteiger partial charge < -0.3 is 14.6 Å². The van der Waals surface area contributed by atoms with Gasteiger partial charge in [0.05, 0.1) is 19.8 Å². The minimum Gasteiger partial charge on any atom is -0.493 e. The zero-order chi connectivity index (χ0) is 19.4. The van der Waals surface area contributed by atoms with Gasteiger partial charge in [-0.05, 0) is 49.1 Å². The van der Waals surface area contributed by atoms with E-state index in [9.17, 15) is 9.90 Å². The fourth-order valence-corrected chi connectivity index (χ4v) is 4.24. The van der Waals surface area contributed by atoms with Gasteiger partial charge in [-0.15, -0.1) is 0 Å². The first kappa shape index (κ1) is 19.7. The number of carboxylic acids is 1. The van der Waals surface area contributed by atoms with E-state index in [2.05, 4.69) is 20.8 Å². The van der Waals surface area contributed by atoms with Crippen molar-refractivity contribution in [2.75, 3.05) is 20.3 Å². The Labute approximate surface area is 168 Å². The second-order valence-electron chi connectivity index (χ2n) is 6.50. The van der Waals surface area contributed by atoms with Crippen molar-refractivity contribution in [2.45, 2.75) is 31.8 Å². The molecule has 144 valence electrons. The number of hydrogen-bond acceptors (Lipinski definition) is 4. The van der Waals surface area contributed by atoms with Gasteiger partial charge in [0.2, 0.25) is 0 Å². The summed E-state index contributed by atoms with van der Waals surface area (Å²) in [6.45, 7) is 3.19. The maximum absolute atomic E-state index is 11.8. The maximum Gasteiger partial charge on any atom is 0.320 e. The third-order valence-electron chi connectivity index (χ3n) is 4.91. The molecule has 1 heterocycles. The number of benzene rings is 2. The maximum atomic E-state index is 11.8. The van der Waals surface area contributed by atoms with Gasteiger partial charge in [0, 0.05) is 11.0 Å². The van der Waals surface area contributed by atoms with Gasteiger partial charge >= 0.3 is 5.97 Å². The third kappa shape index (κ3) is 4.12. The molecule has 1 N–H and O–H groups in total. The highest BCUT2D eigenvalue weighted by Crippen LogP contribution is 2.40. The standard InChI is InChI=1S/C21H24BrNO4/c1-3-27-19-13-14(10-11-18(19)26-2)20(15-7-4-5-8-16(15)22)23-12-6-9-17(23)21(24)25/h4-5,7-8,10-11,13,17,20H,3,6,9,12H2,1-2H3,(H,24,25). The number of methoxy groups -OCH3 is 1. The molecule has 0 spiro atoms. The Bertz CT molecular complexity index is 811. The lowest BCUT2D eigenvalue weighted by Gasteiger charge is -2.33. The summed E-state index contributed by atoms with van der Waals surface area (Å²) in [6.07, 6.45) is 1.52. The lowest BCUT2D eigenvalue weighted by Crippen LogP contribution is -2.39. The minimum absolute atomic E-state index is 0.186. The van der Waals surface area contributed by atoms with Crippen molar-refractivity contribution in [3.63, 3.8) is 0 Å². The van der Waals surface area contributed by atoms with Crippen LogP contribution in [-0.4, -0.2) is 42.3 Å². The number of aliphatic carboxylic acids is 1. The smallest absolute Gasteiger partial charge is 0.320 e. The lowest BCUT2D eigenvalue weighted by molar-refractivity contribution is -0.142. The van der Waals surface area contributed by atoms with Crippen LogP contribution in [-0.2, 0) is 4.79 Å². The molecule has 6 heteroatoms. The molecule has 0 radical (unpaired) electrons. The highest BCUT2D eigenvalue weighted by Gasteiger charge is 2.37. The summed E-state index contributed by atoms with van der Waals surface area (Å²) in [5.41, 5.74) is 2.03. The SMILES string of the molecule is CCOc1cc(C(c2ccccc2Br)N2CCCC2C(=O)O)ccc1OC. The molecule has 27 heavy (non-hydrogen) atoms. The van der Waals surface area contributed by atoms with E-state index in [1.54, 1.807) is 7.11 Å². The monoisotopic (exact) mass is 433 g/mol. The number of nitrogens with zero attached hydrogens (tertiary/aromatic N) is 1.